The van der Waals surface area contributed by atoms with Crippen LogP contribution in [0, 0.1) is 6.92 Å². The summed E-state index contributed by atoms with van der Waals surface area (Å²) in [7, 11) is 0. The van der Waals surface area contributed by atoms with Crippen LogP contribution in [-0.2, 0) is 13.0 Å². The fraction of sp³-hybridized carbons (Fsp3) is 0.467. The fourth-order valence-electron chi connectivity index (χ4n) is 2.91. The van der Waals surface area contributed by atoms with E-state index in [0.717, 1.165) is 35.9 Å². The van der Waals surface area contributed by atoms with Crippen molar-refractivity contribution in [1.82, 2.24) is 30.2 Å². The maximum atomic E-state index is 5.41. The summed E-state index contributed by atoms with van der Waals surface area (Å²) in [6.07, 6.45) is 1.98. The van der Waals surface area contributed by atoms with E-state index in [2.05, 4.69) is 25.5 Å². The first-order valence-corrected chi connectivity index (χ1v) is 8.61. The van der Waals surface area contributed by atoms with Crippen LogP contribution in [0.4, 0.5) is 0 Å². The first-order chi connectivity index (χ1) is 11.2. The van der Waals surface area contributed by atoms with Crippen LogP contribution in [0.25, 0.3) is 10.7 Å². The minimum Gasteiger partial charge on any atom is -0.337 e. The Morgan fingerprint density at radius 2 is 2.35 bits per heavy atom. The Morgan fingerprint density at radius 3 is 3.17 bits per heavy atom. The molecule has 0 aliphatic carbocycles. The number of aromatic nitrogens is 5. The number of nitrogens with one attached hydrogen (secondary N) is 1. The van der Waals surface area contributed by atoms with Gasteiger partial charge < -0.3 is 9.84 Å². The van der Waals surface area contributed by atoms with Crippen molar-refractivity contribution in [3.63, 3.8) is 0 Å². The number of nitrogens with zero attached hydrogens (tertiary/aromatic N) is 5. The summed E-state index contributed by atoms with van der Waals surface area (Å²) in [6.45, 7) is 4.81. The molecule has 0 saturated heterocycles. The quantitative estimate of drug-likeness (QED) is 0.791. The summed E-state index contributed by atoms with van der Waals surface area (Å²) in [5, 5.41) is 14.1. The molecule has 0 bridgehead atoms. The number of fused-ring (bicyclic) bond motifs is 1. The van der Waals surface area contributed by atoms with E-state index in [0.29, 0.717) is 17.8 Å². The van der Waals surface area contributed by atoms with Crippen molar-refractivity contribution in [1.29, 1.82) is 0 Å². The monoisotopic (exact) mass is 330 g/mol. The van der Waals surface area contributed by atoms with E-state index in [1.54, 1.807) is 11.3 Å². The van der Waals surface area contributed by atoms with Gasteiger partial charge in [0.2, 0.25) is 11.7 Å². The molecule has 0 radical (unpaired) electrons. The highest BCUT2D eigenvalue weighted by Gasteiger charge is 2.24. The number of thiophene rings is 1. The highest BCUT2D eigenvalue weighted by Crippen LogP contribution is 2.23. The van der Waals surface area contributed by atoms with Crippen molar-refractivity contribution in [2.24, 2.45) is 0 Å². The SMILES string of the molecule is Cc1nc2n(n1)C[C@@H](N[C@H](C)c1nc(-c3cccs3)no1)CC2. The molecular formula is C15H18N6OS. The lowest BCUT2D eigenvalue weighted by molar-refractivity contribution is 0.288. The highest BCUT2D eigenvalue weighted by atomic mass is 32.1. The molecule has 0 fully saturated rings. The highest BCUT2D eigenvalue weighted by molar-refractivity contribution is 7.13. The van der Waals surface area contributed by atoms with Crippen LogP contribution in [0.15, 0.2) is 22.0 Å². The third-order valence-electron chi connectivity index (χ3n) is 4.00. The molecule has 4 rings (SSSR count). The molecule has 0 amide bonds. The van der Waals surface area contributed by atoms with Crippen molar-refractivity contribution in [2.75, 3.05) is 0 Å². The third kappa shape index (κ3) is 2.91. The molecule has 3 aromatic heterocycles. The molecule has 1 N–H and O–H groups in total. The summed E-state index contributed by atoms with van der Waals surface area (Å²) in [6, 6.07) is 4.31. The van der Waals surface area contributed by atoms with Crippen LogP contribution >= 0.6 is 11.3 Å². The average Bonchev–Trinajstić information content (AvgIpc) is 3.26. The molecule has 1 aliphatic heterocycles. The topological polar surface area (TPSA) is 81.7 Å². The summed E-state index contributed by atoms with van der Waals surface area (Å²) < 4.78 is 7.41. The Bertz CT molecular complexity index is 793. The van der Waals surface area contributed by atoms with E-state index in [4.69, 9.17) is 4.52 Å². The van der Waals surface area contributed by atoms with E-state index in [9.17, 15) is 0 Å². The molecule has 0 saturated carbocycles. The van der Waals surface area contributed by atoms with Crippen molar-refractivity contribution in [3.05, 3.63) is 35.1 Å². The minimum atomic E-state index is 0.00683. The van der Waals surface area contributed by atoms with Crippen LogP contribution in [0.5, 0.6) is 0 Å². The molecule has 8 heteroatoms. The Hall–Kier alpha value is -2.06. The van der Waals surface area contributed by atoms with Crippen molar-refractivity contribution in [3.8, 4) is 10.7 Å². The van der Waals surface area contributed by atoms with E-state index in [1.165, 1.54) is 0 Å². The average molecular weight is 330 g/mol. The summed E-state index contributed by atoms with van der Waals surface area (Å²) in [5.41, 5.74) is 0. The lowest BCUT2D eigenvalue weighted by Crippen LogP contribution is -2.39. The van der Waals surface area contributed by atoms with Gasteiger partial charge in [0.05, 0.1) is 17.5 Å². The van der Waals surface area contributed by atoms with Gasteiger partial charge >= 0.3 is 0 Å². The predicted molar refractivity (Wildman–Crippen MR) is 86.0 cm³/mol. The van der Waals surface area contributed by atoms with Crippen LogP contribution in [0.1, 0.15) is 36.9 Å². The zero-order chi connectivity index (χ0) is 15.8. The smallest absolute Gasteiger partial charge is 0.243 e. The molecule has 0 spiro atoms. The molecule has 4 heterocycles. The van der Waals surface area contributed by atoms with Gasteiger partial charge in [-0.2, -0.15) is 10.1 Å². The van der Waals surface area contributed by atoms with Crippen molar-refractivity contribution < 1.29 is 4.52 Å². The molecule has 2 atom stereocenters. The fourth-order valence-corrected chi connectivity index (χ4v) is 3.56. The molecule has 0 aromatic carbocycles. The zero-order valence-electron chi connectivity index (χ0n) is 13.1. The first kappa shape index (κ1) is 14.5. The number of rotatable bonds is 4. The second kappa shape index (κ2) is 5.86. The molecular weight excluding hydrogens is 312 g/mol. The van der Waals surface area contributed by atoms with E-state index < -0.39 is 0 Å². The molecule has 23 heavy (non-hydrogen) atoms. The third-order valence-corrected chi connectivity index (χ3v) is 4.87. The maximum absolute atomic E-state index is 5.41. The number of hydrogen-bond acceptors (Lipinski definition) is 7. The van der Waals surface area contributed by atoms with Gasteiger partial charge in [0.1, 0.15) is 11.6 Å². The van der Waals surface area contributed by atoms with Gasteiger partial charge in [-0.25, -0.2) is 9.67 Å². The summed E-state index contributed by atoms with van der Waals surface area (Å²) >= 11 is 1.61. The summed E-state index contributed by atoms with van der Waals surface area (Å²) in [5.74, 6) is 3.19. The number of hydrogen-bond donors (Lipinski definition) is 1. The Labute approximate surface area is 137 Å². The second-order valence-electron chi connectivity index (χ2n) is 5.81. The van der Waals surface area contributed by atoms with E-state index in [-0.39, 0.29) is 6.04 Å². The van der Waals surface area contributed by atoms with Gasteiger partial charge in [0, 0.05) is 12.5 Å². The summed E-state index contributed by atoms with van der Waals surface area (Å²) in [4.78, 5) is 9.96. The Balaban J connectivity index is 1.43. The van der Waals surface area contributed by atoms with Crippen LogP contribution < -0.4 is 5.32 Å². The maximum Gasteiger partial charge on any atom is 0.243 e. The first-order valence-electron chi connectivity index (χ1n) is 7.73. The molecule has 7 nitrogen and oxygen atoms in total. The van der Waals surface area contributed by atoms with Gasteiger partial charge in [-0.1, -0.05) is 11.2 Å². The second-order valence-corrected chi connectivity index (χ2v) is 6.76. The predicted octanol–water partition coefficient (Wildman–Crippen LogP) is 2.36. The molecule has 1 aliphatic rings. The molecule has 120 valence electrons. The van der Waals surface area contributed by atoms with Gasteiger partial charge in [-0.05, 0) is 31.7 Å². The molecule has 3 aromatic rings. The van der Waals surface area contributed by atoms with Gasteiger partial charge in [0.25, 0.3) is 0 Å². The van der Waals surface area contributed by atoms with Gasteiger partial charge in [0.15, 0.2) is 0 Å². The zero-order valence-corrected chi connectivity index (χ0v) is 13.9. The Kier molecular flexibility index (Phi) is 3.70. The van der Waals surface area contributed by atoms with E-state index in [1.807, 2.05) is 36.0 Å². The standard InChI is InChI=1S/C15H18N6OS/c1-9(15-18-14(20-22-15)12-4-3-7-23-12)16-11-5-6-13-17-10(2)19-21(13)8-11/h3-4,7,9,11,16H,5-6,8H2,1-2H3/t9-,11+/m1/s1. The minimum absolute atomic E-state index is 0.00683. The van der Waals surface area contributed by atoms with Crippen LogP contribution in [0.3, 0.4) is 0 Å². The molecule has 0 unspecified atom stereocenters. The van der Waals surface area contributed by atoms with Crippen molar-refractivity contribution in [2.45, 2.75) is 45.3 Å². The lowest BCUT2D eigenvalue weighted by Gasteiger charge is -2.25. The van der Waals surface area contributed by atoms with Crippen LogP contribution in [0.2, 0.25) is 0 Å². The van der Waals surface area contributed by atoms with Crippen molar-refractivity contribution >= 4 is 11.3 Å². The number of aryl methyl sites for hydroxylation is 2. The lowest BCUT2D eigenvalue weighted by atomic mass is 10.1. The largest absolute Gasteiger partial charge is 0.337 e. The van der Waals surface area contributed by atoms with Gasteiger partial charge in [-0.3, -0.25) is 0 Å². The Morgan fingerprint density at radius 1 is 1.43 bits per heavy atom. The van der Waals surface area contributed by atoms with Crippen LogP contribution in [-0.4, -0.2) is 30.9 Å². The van der Waals surface area contributed by atoms with E-state index >= 15 is 0 Å². The van der Waals surface area contributed by atoms with Gasteiger partial charge in [-0.15, -0.1) is 11.3 Å². The normalized spacial score (nSPS) is 18.8.